The minimum Gasteiger partial charge on any atom is -0.466 e. The second-order valence-electron chi connectivity index (χ2n) is 4.51. The number of hydrogen-bond donors (Lipinski definition) is 0. The van der Waals surface area contributed by atoms with E-state index in [1.165, 1.54) is 13.2 Å². The molecule has 2 heterocycles. The summed E-state index contributed by atoms with van der Waals surface area (Å²) in [6.07, 6.45) is 6.08. The van der Waals surface area contributed by atoms with E-state index in [0.717, 1.165) is 5.57 Å². The number of hydrogen-bond acceptors (Lipinski definition) is 5. The minimum atomic E-state index is -1.01. The highest BCUT2D eigenvalue weighted by Crippen LogP contribution is 2.44. The van der Waals surface area contributed by atoms with Crippen LogP contribution >= 0.6 is 15.9 Å². The Morgan fingerprint density at radius 3 is 3.10 bits per heavy atom. The van der Waals surface area contributed by atoms with E-state index in [4.69, 9.17) is 9.47 Å². The molecule has 108 valence electrons. The third-order valence-electron chi connectivity index (χ3n) is 3.24. The Bertz CT molecular complexity index is 496. The number of halogens is 1. The summed E-state index contributed by atoms with van der Waals surface area (Å²) in [5.74, 6) is -0.834. The standard InChI is InChI=1S/C14H15BrO5/c1-3-6-19-11-7-10-9(4-5-12(16)18-2)8-14(11,15)13(17)20-10/h3-5,8,10-11H,1,6-7H2,2H3/b5-4-/t10-,11-,14+/m0/s1. The molecular formula is C14H15BrO5. The van der Waals surface area contributed by atoms with Crippen molar-refractivity contribution >= 4 is 27.9 Å². The molecule has 0 spiro atoms. The maximum atomic E-state index is 12.0. The molecular weight excluding hydrogens is 328 g/mol. The molecule has 3 rings (SSSR count). The first-order valence-electron chi connectivity index (χ1n) is 6.12. The zero-order valence-electron chi connectivity index (χ0n) is 11.0. The monoisotopic (exact) mass is 342 g/mol. The zero-order valence-corrected chi connectivity index (χ0v) is 12.6. The molecule has 1 aliphatic carbocycles. The molecule has 20 heavy (non-hydrogen) atoms. The summed E-state index contributed by atoms with van der Waals surface area (Å²) in [6.45, 7) is 3.95. The van der Waals surface area contributed by atoms with Crippen LogP contribution in [0.15, 0.2) is 36.5 Å². The minimum absolute atomic E-state index is 0.318. The van der Waals surface area contributed by atoms with Gasteiger partial charge >= 0.3 is 11.9 Å². The van der Waals surface area contributed by atoms with Crippen LogP contribution in [0.1, 0.15) is 6.42 Å². The van der Waals surface area contributed by atoms with Crippen molar-refractivity contribution in [1.29, 1.82) is 0 Å². The zero-order chi connectivity index (χ0) is 14.8. The lowest BCUT2D eigenvalue weighted by atomic mass is 9.82. The van der Waals surface area contributed by atoms with Crippen LogP contribution in [-0.2, 0) is 23.8 Å². The van der Waals surface area contributed by atoms with E-state index in [9.17, 15) is 9.59 Å². The third-order valence-corrected chi connectivity index (χ3v) is 4.30. The van der Waals surface area contributed by atoms with Gasteiger partial charge in [-0.3, -0.25) is 4.79 Å². The maximum Gasteiger partial charge on any atom is 0.330 e. The summed E-state index contributed by atoms with van der Waals surface area (Å²) in [4.78, 5) is 23.1. The number of ether oxygens (including phenoxy) is 3. The SMILES string of the molecule is C=CCO[C@H]1C[C@@H]2OC(=O)[C@@]1(Br)C=C2/C=C\C(=O)OC. The van der Waals surface area contributed by atoms with Gasteiger partial charge in [0.2, 0.25) is 0 Å². The molecule has 0 N–H and O–H groups in total. The summed E-state index contributed by atoms with van der Waals surface area (Å²) in [5, 5.41) is 0. The van der Waals surface area contributed by atoms with Crippen LogP contribution in [-0.4, -0.2) is 42.2 Å². The Morgan fingerprint density at radius 2 is 2.45 bits per heavy atom. The highest BCUT2D eigenvalue weighted by molar-refractivity contribution is 9.10. The molecule has 0 aromatic carbocycles. The molecule has 2 bridgehead atoms. The van der Waals surface area contributed by atoms with Crippen molar-refractivity contribution in [1.82, 2.24) is 0 Å². The van der Waals surface area contributed by atoms with Gasteiger partial charge < -0.3 is 14.2 Å². The largest absolute Gasteiger partial charge is 0.466 e. The summed E-state index contributed by atoms with van der Waals surface area (Å²) in [6, 6.07) is 0. The predicted octanol–water partition coefficient (Wildman–Crippen LogP) is 1.68. The molecule has 0 amide bonds. The molecule has 6 heteroatoms. The average Bonchev–Trinajstić information content (AvgIpc) is 2.44. The van der Waals surface area contributed by atoms with Crippen LogP contribution in [0, 0.1) is 0 Å². The Balaban J connectivity index is 2.22. The number of fused-ring (bicyclic) bond motifs is 2. The van der Waals surface area contributed by atoms with E-state index < -0.39 is 16.4 Å². The van der Waals surface area contributed by atoms with Gasteiger partial charge in [0.05, 0.1) is 19.8 Å². The highest BCUT2D eigenvalue weighted by atomic mass is 79.9. The van der Waals surface area contributed by atoms with E-state index in [1.807, 2.05) is 0 Å². The van der Waals surface area contributed by atoms with Crippen molar-refractivity contribution in [2.45, 2.75) is 23.0 Å². The van der Waals surface area contributed by atoms with E-state index in [2.05, 4.69) is 27.2 Å². The molecule has 0 radical (unpaired) electrons. The fraction of sp³-hybridized carbons (Fsp3) is 0.429. The second-order valence-corrected chi connectivity index (χ2v) is 5.82. The van der Waals surface area contributed by atoms with Crippen LogP contribution in [0.3, 0.4) is 0 Å². The van der Waals surface area contributed by atoms with Crippen molar-refractivity contribution in [2.75, 3.05) is 13.7 Å². The lowest BCUT2D eigenvalue weighted by Gasteiger charge is -2.44. The number of rotatable bonds is 5. The van der Waals surface area contributed by atoms with Gasteiger partial charge in [0.25, 0.3) is 0 Å². The molecule has 0 aromatic heterocycles. The van der Waals surface area contributed by atoms with Crippen molar-refractivity contribution in [3.8, 4) is 0 Å². The smallest absolute Gasteiger partial charge is 0.330 e. The predicted molar refractivity (Wildman–Crippen MR) is 75.3 cm³/mol. The van der Waals surface area contributed by atoms with Gasteiger partial charge in [0.1, 0.15) is 6.10 Å². The van der Waals surface area contributed by atoms with Crippen LogP contribution in [0.2, 0.25) is 0 Å². The average molecular weight is 343 g/mol. The molecule has 3 atom stereocenters. The Morgan fingerprint density at radius 1 is 1.70 bits per heavy atom. The fourth-order valence-electron chi connectivity index (χ4n) is 2.22. The lowest BCUT2D eigenvalue weighted by Crippen LogP contribution is -2.56. The molecule has 2 aliphatic heterocycles. The van der Waals surface area contributed by atoms with Gasteiger partial charge in [0.15, 0.2) is 4.32 Å². The first kappa shape index (κ1) is 15.0. The van der Waals surface area contributed by atoms with Gasteiger partial charge in [-0.05, 0) is 17.7 Å². The van der Waals surface area contributed by atoms with E-state index in [1.54, 1.807) is 18.2 Å². The number of methoxy groups -OCH3 is 1. The number of carbonyl (C=O) groups excluding carboxylic acids is 2. The molecule has 0 unspecified atom stereocenters. The van der Waals surface area contributed by atoms with Crippen molar-refractivity contribution in [2.24, 2.45) is 0 Å². The van der Waals surface area contributed by atoms with Crippen LogP contribution in [0.25, 0.3) is 0 Å². The summed E-state index contributed by atoms with van der Waals surface area (Å²) in [5.41, 5.74) is 0.755. The fourth-order valence-corrected chi connectivity index (χ4v) is 2.89. The summed E-state index contributed by atoms with van der Waals surface area (Å²) < 4.78 is 14.4. The first-order valence-corrected chi connectivity index (χ1v) is 6.92. The van der Waals surface area contributed by atoms with Crippen LogP contribution in [0.4, 0.5) is 0 Å². The molecule has 1 fully saturated rings. The number of alkyl halides is 1. The molecule has 0 saturated carbocycles. The van der Waals surface area contributed by atoms with Gasteiger partial charge in [-0.2, -0.15) is 0 Å². The number of carbonyl (C=O) groups is 2. The second kappa shape index (κ2) is 5.93. The van der Waals surface area contributed by atoms with Gasteiger partial charge in [-0.1, -0.05) is 22.0 Å². The number of esters is 2. The van der Waals surface area contributed by atoms with E-state index >= 15 is 0 Å². The van der Waals surface area contributed by atoms with Crippen molar-refractivity contribution in [3.63, 3.8) is 0 Å². The van der Waals surface area contributed by atoms with Gasteiger partial charge in [0, 0.05) is 12.5 Å². The molecule has 0 aromatic rings. The molecule has 3 aliphatic rings. The lowest BCUT2D eigenvalue weighted by molar-refractivity contribution is -0.164. The highest BCUT2D eigenvalue weighted by Gasteiger charge is 2.54. The van der Waals surface area contributed by atoms with Crippen molar-refractivity contribution < 1.29 is 23.8 Å². The Kier molecular flexibility index (Phi) is 4.45. The van der Waals surface area contributed by atoms with E-state index in [0.29, 0.717) is 13.0 Å². The van der Waals surface area contributed by atoms with Gasteiger partial charge in [-0.15, -0.1) is 6.58 Å². The molecule has 5 nitrogen and oxygen atoms in total. The summed E-state index contributed by atoms with van der Waals surface area (Å²) in [7, 11) is 1.30. The van der Waals surface area contributed by atoms with Crippen molar-refractivity contribution in [3.05, 3.63) is 36.5 Å². The normalized spacial score (nSPS) is 31.9. The summed E-state index contributed by atoms with van der Waals surface area (Å²) >= 11 is 3.40. The van der Waals surface area contributed by atoms with Crippen LogP contribution in [0.5, 0.6) is 0 Å². The maximum absolute atomic E-state index is 12.0. The van der Waals surface area contributed by atoms with Crippen LogP contribution < -0.4 is 0 Å². The Labute approximate surface area is 125 Å². The van der Waals surface area contributed by atoms with Gasteiger partial charge in [-0.25, -0.2) is 4.79 Å². The molecule has 1 saturated heterocycles. The quantitative estimate of drug-likeness (QED) is 0.329. The topological polar surface area (TPSA) is 61.8 Å². The third kappa shape index (κ3) is 2.71. The first-order chi connectivity index (χ1) is 9.51. The Hall–Kier alpha value is -1.40. The van der Waals surface area contributed by atoms with E-state index in [-0.39, 0.29) is 12.1 Å².